The van der Waals surface area contributed by atoms with Gasteiger partial charge >= 0.3 is 0 Å². The number of fused-ring (bicyclic) bond motifs is 1. The van der Waals surface area contributed by atoms with E-state index in [0.717, 1.165) is 22.2 Å². The van der Waals surface area contributed by atoms with Crippen molar-refractivity contribution in [1.82, 2.24) is 19.6 Å². The zero-order chi connectivity index (χ0) is 15.1. The molecule has 6 heteroatoms. The van der Waals surface area contributed by atoms with Crippen molar-refractivity contribution in [3.8, 4) is 0 Å². The van der Waals surface area contributed by atoms with Crippen LogP contribution in [0, 0.1) is 6.92 Å². The first-order valence-electron chi connectivity index (χ1n) is 6.62. The Kier molecular flexibility index (Phi) is 3.29. The van der Waals surface area contributed by atoms with E-state index in [1.54, 1.807) is 16.4 Å². The molecule has 0 aliphatic heterocycles. The number of carbonyl (C=O) groups excluding carboxylic acids is 1. The number of halogens is 1. The summed E-state index contributed by atoms with van der Waals surface area (Å²) < 4.78 is 3.30. The average Bonchev–Trinajstić information content (AvgIpc) is 2.92. The third-order valence-corrected chi connectivity index (χ3v) is 4.10. The van der Waals surface area contributed by atoms with E-state index in [1.807, 2.05) is 38.2 Å². The lowest BCUT2D eigenvalue weighted by atomic mass is 10.1. The number of para-hydroxylation sites is 1. The normalized spacial score (nSPS) is 11.2. The Hall–Kier alpha value is -2.14. The van der Waals surface area contributed by atoms with Gasteiger partial charge in [-0.2, -0.15) is 10.2 Å². The first-order chi connectivity index (χ1) is 9.99. The molecule has 0 bridgehead atoms. The lowest BCUT2D eigenvalue weighted by Crippen LogP contribution is -2.06. The van der Waals surface area contributed by atoms with Gasteiger partial charge < -0.3 is 0 Å². The van der Waals surface area contributed by atoms with Gasteiger partial charge in [-0.25, -0.2) is 0 Å². The smallest absolute Gasteiger partial charge is 0.188 e. The summed E-state index contributed by atoms with van der Waals surface area (Å²) in [5.74, 6) is -0.0511. The molecule has 0 spiro atoms. The molecule has 5 nitrogen and oxygen atoms in total. The number of ketones is 1. The summed E-state index contributed by atoms with van der Waals surface area (Å²) in [5, 5.41) is 9.95. The van der Waals surface area contributed by atoms with E-state index >= 15 is 0 Å². The van der Waals surface area contributed by atoms with Crippen molar-refractivity contribution in [2.75, 3.05) is 0 Å². The first-order valence-corrected chi connectivity index (χ1v) is 6.99. The summed E-state index contributed by atoms with van der Waals surface area (Å²) in [6.45, 7) is 1.85. The quantitative estimate of drug-likeness (QED) is 0.699. The second kappa shape index (κ2) is 5.00. The van der Waals surface area contributed by atoms with E-state index in [-0.39, 0.29) is 12.2 Å². The van der Waals surface area contributed by atoms with Crippen molar-refractivity contribution < 1.29 is 4.79 Å². The molecule has 108 valence electrons. The highest BCUT2D eigenvalue weighted by atomic mass is 35.5. The van der Waals surface area contributed by atoms with Crippen LogP contribution in [-0.2, 0) is 20.5 Å². The van der Waals surface area contributed by atoms with Gasteiger partial charge in [-0.3, -0.25) is 14.2 Å². The Bertz CT molecular complexity index is 847. The lowest BCUT2D eigenvalue weighted by Gasteiger charge is -1.99. The predicted octanol–water partition coefficient (Wildman–Crippen LogP) is 2.69. The molecule has 3 aromatic rings. The number of hydrogen-bond acceptors (Lipinski definition) is 3. The highest BCUT2D eigenvalue weighted by Crippen LogP contribution is 2.23. The Morgan fingerprint density at radius 1 is 1.19 bits per heavy atom. The van der Waals surface area contributed by atoms with Crippen LogP contribution in [0.3, 0.4) is 0 Å². The molecule has 0 radical (unpaired) electrons. The zero-order valence-electron chi connectivity index (χ0n) is 12.1. The molecule has 0 amide bonds. The van der Waals surface area contributed by atoms with Crippen molar-refractivity contribution in [3.63, 3.8) is 0 Å². The number of nitrogens with zero attached hydrogens (tertiary/aromatic N) is 4. The van der Waals surface area contributed by atoms with Crippen LogP contribution < -0.4 is 0 Å². The molecule has 0 unspecified atom stereocenters. The van der Waals surface area contributed by atoms with Crippen molar-refractivity contribution in [2.45, 2.75) is 13.3 Å². The predicted molar refractivity (Wildman–Crippen MR) is 81.7 cm³/mol. The maximum absolute atomic E-state index is 12.6. The summed E-state index contributed by atoms with van der Waals surface area (Å²) in [6, 6.07) is 7.69. The molecule has 0 aliphatic rings. The van der Waals surface area contributed by atoms with E-state index in [4.69, 9.17) is 11.6 Å². The van der Waals surface area contributed by atoms with E-state index in [1.165, 1.54) is 0 Å². The van der Waals surface area contributed by atoms with Gasteiger partial charge in [0.1, 0.15) is 10.8 Å². The molecule has 21 heavy (non-hydrogen) atoms. The monoisotopic (exact) mass is 302 g/mol. The fraction of sp³-hybridized carbons (Fsp3) is 0.267. The highest BCUT2D eigenvalue weighted by Gasteiger charge is 2.20. The SMILES string of the molecule is Cc1nn(C)c(Cl)c1CC(=O)c1nn(C)c2ccccc12. The highest BCUT2D eigenvalue weighted by molar-refractivity contribution is 6.30. The van der Waals surface area contributed by atoms with Gasteiger partial charge in [-0.1, -0.05) is 29.8 Å². The summed E-state index contributed by atoms with van der Waals surface area (Å²) in [5.41, 5.74) is 2.96. The summed E-state index contributed by atoms with van der Waals surface area (Å²) in [6.07, 6.45) is 0.208. The van der Waals surface area contributed by atoms with Crippen LogP contribution in [0.15, 0.2) is 24.3 Å². The Labute approximate surface area is 127 Å². The van der Waals surface area contributed by atoms with Gasteiger partial charge in [-0.05, 0) is 13.0 Å². The second-order valence-electron chi connectivity index (χ2n) is 5.07. The number of benzene rings is 1. The molecular weight excluding hydrogens is 288 g/mol. The van der Waals surface area contributed by atoms with Gasteiger partial charge in [0.05, 0.1) is 11.2 Å². The van der Waals surface area contributed by atoms with Crippen LogP contribution in [0.2, 0.25) is 5.15 Å². The number of hydrogen-bond donors (Lipinski definition) is 0. The van der Waals surface area contributed by atoms with Gasteiger partial charge in [0.2, 0.25) is 0 Å². The topological polar surface area (TPSA) is 52.7 Å². The van der Waals surface area contributed by atoms with Crippen LogP contribution >= 0.6 is 11.6 Å². The van der Waals surface area contributed by atoms with Crippen LogP contribution in [0.1, 0.15) is 21.7 Å². The van der Waals surface area contributed by atoms with Crippen molar-refractivity contribution >= 4 is 28.3 Å². The molecule has 0 atom stereocenters. The molecule has 0 aliphatic carbocycles. The molecule has 3 rings (SSSR count). The third kappa shape index (κ3) is 2.23. The minimum absolute atomic E-state index is 0.0511. The summed E-state index contributed by atoms with van der Waals surface area (Å²) in [4.78, 5) is 12.6. The first kappa shape index (κ1) is 13.8. The van der Waals surface area contributed by atoms with E-state index in [0.29, 0.717) is 10.8 Å². The van der Waals surface area contributed by atoms with Gasteiger partial charge in [0, 0.05) is 31.5 Å². The number of aryl methyl sites for hydroxylation is 3. The Morgan fingerprint density at radius 2 is 1.90 bits per heavy atom. The second-order valence-corrected chi connectivity index (χ2v) is 5.43. The van der Waals surface area contributed by atoms with Crippen LogP contribution in [0.4, 0.5) is 0 Å². The zero-order valence-corrected chi connectivity index (χ0v) is 12.8. The molecular formula is C15H15ClN4O. The largest absolute Gasteiger partial charge is 0.292 e. The van der Waals surface area contributed by atoms with E-state index in [9.17, 15) is 4.79 Å². The Morgan fingerprint density at radius 3 is 2.57 bits per heavy atom. The fourth-order valence-corrected chi connectivity index (χ4v) is 2.78. The maximum atomic E-state index is 12.6. The molecule has 2 aromatic heterocycles. The van der Waals surface area contributed by atoms with E-state index < -0.39 is 0 Å². The molecule has 0 saturated heterocycles. The number of rotatable bonds is 3. The minimum atomic E-state index is -0.0511. The van der Waals surface area contributed by atoms with Gasteiger partial charge in [-0.15, -0.1) is 0 Å². The van der Waals surface area contributed by atoms with Crippen LogP contribution in [0.5, 0.6) is 0 Å². The molecule has 1 aromatic carbocycles. The van der Waals surface area contributed by atoms with Crippen LogP contribution in [0.25, 0.3) is 10.9 Å². The van der Waals surface area contributed by atoms with Crippen molar-refractivity contribution in [3.05, 3.63) is 46.4 Å². The summed E-state index contributed by atoms with van der Waals surface area (Å²) in [7, 11) is 3.60. The van der Waals surface area contributed by atoms with E-state index in [2.05, 4.69) is 10.2 Å². The number of aromatic nitrogens is 4. The Balaban J connectivity index is 2.02. The van der Waals surface area contributed by atoms with Crippen molar-refractivity contribution in [1.29, 1.82) is 0 Å². The number of Topliss-reactive ketones (excluding diaryl/α,β-unsaturated/α-hetero) is 1. The third-order valence-electron chi connectivity index (χ3n) is 3.63. The maximum Gasteiger partial charge on any atom is 0.188 e. The van der Waals surface area contributed by atoms with Crippen molar-refractivity contribution in [2.24, 2.45) is 14.1 Å². The van der Waals surface area contributed by atoms with Crippen LogP contribution in [-0.4, -0.2) is 25.3 Å². The van der Waals surface area contributed by atoms with Gasteiger partial charge in [0.25, 0.3) is 0 Å². The molecule has 0 N–H and O–H groups in total. The average molecular weight is 303 g/mol. The van der Waals surface area contributed by atoms with Gasteiger partial charge in [0.15, 0.2) is 5.78 Å². The number of carbonyl (C=O) groups is 1. The molecule has 2 heterocycles. The fourth-order valence-electron chi connectivity index (χ4n) is 2.54. The standard InChI is InChI=1S/C15H15ClN4O/c1-9-11(15(16)20(3)17-9)8-13(21)14-10-6-4-5-7-12(10)19(2)18-14/h4-7H,8H2,1-3H3. The lowest BCUT2D eigenvalue weighted by molar-refractivity contribution is 0.0989. The molecule has 0 fully saturated rings. The summed E-state index contributed by atoms with van der Waals surface area (Å²) >= 11 is 6.19. The minimum Gasteiger partial charge on any atom is -0.292 e. The molecule has 0 saturated carbocycles.